The maximum Gasteiger partial charge on any atom is 0.336 e. The molecule has 0 aliphatic carbocycles. The van der Waals surface area contributed by atoms with E-state index in [0.717, 1.165) is 11.6 Å². The van der Waals surface area contributed by atoms with Crippen LogP contribution in [0.5, 0.6) is 5.75 Å². The fourth-order valence-electron chi connectivity index (χ4n) is 2.00. The number of hydrogen-bond donors (Lipinski definition) is 1. The number of aromatic carboxylic acids is 1. The van der Waals surface area contributed by atoms with Gasteiger partial charge in [-0.05, 0) is 35.7 Å². The predicted molar refractivity (Wildman–Crippen MR) is 78.2 cm³/mol. The summed E-state index contributed by atoms with van der Waals surface area (Å²) < 4.78 is 18.7. The lowest BCUT2D eigenvalue weighted by Crippen LogP contribution is -2.06. The highest BCUT2D eigenvalue weighted by Gasteiger charge is 2.12. The van der Waals surface area contributed by atoms with Crippen molar-refractivity contribution < 1.29 is 19.0 Å². The lowest BCUT2D eigenvalue weighted by Gasteiger charge is -2.11. The Kier molecular flexibility index (Phi) is 4.58. The van der Waals surface area contributed by atoms with E-state index < -0.39 is 11.8 Å². The quantitative estimate of drug-likeness (QED) is 0.895. The smallest absolute Gasteiger partial charge is 0.336 e. The molecule has 21 heavy (non-hydrogen) atoms. The summed E-state index contributed by atoms with van der Waals surface area (Å²) in [4.78, 5) is 11.1. The van der Waals surface area contributed by atoms with E-state index in [1.165, 1.54) is 12.1 Å². The summed E-state index contributed by atoms with van der Waals surface area (Å²) in [6, 6.07) is 11.3. The van der Waals surface area contributed by atoms with Crippen molar-refractivity contribution >= 4 is 5.97 Å². The highest BCUT2D eigenvalue weighted by atomic mass is 19.1. The zero-order valence-electron chi connectivity index (χ0n) is 12.0. The van der Waals surface area contributed by atoms with Crippen LogP contribution in [0.4, 0.5) is 4.39 Å². The van der Waals surface area contributed by atoms with Crippen molar-refractivity contribution in [3.63, 3.8) is 0 Å². The van der Waals surface area contributed by atoms with Gasteiger partial charge in [0.05, 0.1) is 5.56 Å². The van der Waals surface area contributed by atoms with Crippen LogP contribution in [-0.4, -0.2) is 11.1 Å². The van der Waals surface area contributed by atoms with Crippen LogP contribution in [0.25, 0.3) is 0 Å². The molecule has 0 aliphatic rings. The van der Waals surface area contributed by atoms with E-state index in [-0.39, 0.29) is 12.2 Å². The van der Waals surface area contributed by atoms with Crippen molar-refractivity contribution in [2.75, 3.05) is 0 Å². The second-order valence-corrected chi connectivity index (χ2v) is 5.12. The van der Waals surface area contributed by atoms with Crippen molar-refractivity contribution in [1.82, 2.24) is 0 Å². The molecule has 4 heteroatoms. The first-order valence-corrected chi connectivity index (χ1v) is 6.72. The second-order valence-electron chi connectivity index (χ2n) is 5.12. The number of carboxylic acids is 1. The van der Waals surface area contributed by atoms with Crippen LogP contribution in [0.1, 0.15) is 41.3 Å². The van der Waals surface area contributed by atoms with E-state index in [2.05, 4.69) is 13.8 Å². The Morgan fingerprint density at radius 1 is 1.24 bits per heavy atom. The van der Waals surface area contributed by atoms with E-state index in [4.69, 9.17) is 9.84 Å². The average molecular weight is 288 g/mol. The molecule has 2 aromatic rings. The summed E-state index contributed by atoms with van der Waals surface area (Å²) >= 11 is 0. The number of carboxylic acid groups (broad SMARTS) is 1. The summed E-state index contributed by atoms with van der Waals surface area (Å²) in [7, 11) is 0. The van der Waals surface area contributed by atoms with Crippen LogP contribution in [0, 0.1) is 5.82 Å². The Bertz CT molecular complexity index is 650. The average Bonchev–Trinajstić information content (AvgIpc) is 2.46. The molecule has 0 spiro atoms. The third-order valence-corrected chi connectivity index (χ3v) is 3.22. The largest absolute Gasteiger partial charge is 0.489 e. The van der Waals surface area contributed by atoms with E-state index in [1.54, 1.807) is 0 Å². The van der Waals surface area contributed by atoms with Gasteiger partial charge in [0.15, 0.2) is 0 Å². The lowest BCUT2D eigenvalue weighted by atomic mass is 10.0. The molecule has 0 aromatic heterocycles. The van der Waals surface area contributed by atoms with E-state index in [1.807, 2.05) is 24.3 Å². The van der Waals surface area contributed by atoms with Gasteiger partial charge in [0.25, 0.3) is 0 Å². The summed E-state index contributed by atoms with van der Waals surface area (Å²) in [5, 5.41) is 9.08. The Hall–Kier alpha value is -2.36. The number of halogens is 1. The Balaban J connectivity index is 2.17. The first-order chi connectivity index (χ1) is 9.97. The van der Waals surface area contributed by atoms with Gasteiger partial charge in [0.1, 0.15) is 18.2 Å². The molecule has 1 N–H and O–H groups in total. The number of rotatable bonds is 5. The summed E-state index contributed by atoms with van der Waals surface area (Å²) in [6.45, 7) is 4.26. The molecule has 3 nitrogen and oxygen atoms in total. The van der Waals surface area contributed by atoms with Crippen LogP contribution in [0.15, 0.2) is 42.5 Å². The van der Waals surface area contributed by atoms with Crippen molar-refractivity contribution in [1.29, 1.82) is 0 Å². The summed E-state index contributed by atoms with van der Waals surface area (Å²) in [5.74, 6) is -0.683. The van der Waals surface area contributed by atoms with Crippen molar-refractivity contribution in [2.24, 2.45) is 0 Å². The Morgan fingerprint density at radius 3 is 2.67 bits per heavy atom. The SMILES string of the molecule is CC(C)c1cccc(OCc2ccc(F)cc2C(=O)O)c1. The minimum absolute atomic E-state index is 0.0741. The van der Waals surface area contributed by atoms with Crippen LogP contribution in [0.3, 0.4) is 0 Å². The zero-order chi connectivity index (χ0) is 15.4. The van der Waals surface area contributed by atoms with Gasteiger partial charge in [0.2, 0.25) is 0 Å². The first kappa shape index (κ1) is 15.0. The molecule has 0 aliphatic heterocycles. The van der Waals surface area contributed by atoms with Crippen LogP contribution in [-0.2, 0) is 6.61 Å². The molecule has 0 heterocycles. The van der Waals surface area contributed by atoms with Gasteiger partial charge < -0.3 is 9.84 Å². The molecule has 0 fully saturated rings. The molecule has 110 valence electrons. The first-order valence-electron chi connectivity index (χ1n) is 6.72. The fourth-order valence-corrected chi connectivity index (χ4v) is 2.00. The van der Waals surface area contributed by atoms with Gasteiger partial charge >= 0.3 is 5.97 Å². The molecule has 0 saturated heterocycles. The molecule has 0 amide bonds. The molecular weight excluding hydrogens is 271 g/mol. The van der Waals surface area contributed by atoms with Crippen LogP contribution >= 0.6 is 0 Å². The highest BCUT2D eigenvalue weighted by molar-refractivity contribution is 5.89. The molecule has 0 saturated carbocycles. The van der Waals surface area contributed by atoms with Crippen molar-refractivity contribution in [2.45, 2.75) is 26.4 Å². The zero-order valence-corrected chi connectivity index (χ0v) is 12.0. The summed E-state index contributed by atoms with van der Waals surface area (Å²) in [6.07, 6.45) is 0. The monoisotopic (exact) mass is 288 g/mol. The van der Waals surface area contributed by atoms with E-state index in [0.29, 0.717) is 17.2 Å². The molecule has 2 rings (SSSR count). The van der Waals surface area contributed by atoms with Gasteiger partial charge in [0, 0.05) is 5.56 Å². The minimum atomic E-state index is -1.16. The molecular formula is C17H17FO3. The maximum atomic E-state index is 13.1. The van der Waals surface area contributed by atoms with Crippen LogP contribution in [0.2, 0.25) is 0 Å². The number of carbonyl (C=O) groups is 1. The molecule has 0 bridgehead atoms. The molecule has 2 aromatic carbocycles. The number of benzene rings is 2. The Labute approximate surface area is 123 Å². The van der Waals surface area contributed by atoms with Gasteiger partial charge in [-0.15, -0.1) is 0 Å². The molecule has 0 radical (unpaired) electrons. The molecule has 0 unspecified atom stereocenters. The van der Waals surface area contributed by atoms with Crippen molar-refractivity contribution in [3.05, 3.63) is 65.0 Å². The van der Waals surface area contributed by atoms with E-state index in [9.17, 15) is 9.18 Å². The normalized spacial score (nSPS) is 10.7. The van der Waals surface area contributed by atoms with Gasteiger partial charge in [-0.25, -0.2) is 9.18 Å². The topological polar surface area (TPSA) is 46.5 Å². The van der Waals surface area contributed by atoms with Gasteiger partial charge in [-0.3, -0.25) is 0 Å². The van der Waals surface area contributed by atoms with E-state index >= 15 is 0 Å². The second kappa shape index (κ2) is 6.39. The maximum absolute atomic E-state index is 13.1. The highest BCUT2D eigenvalue weighted by Crippen LogP contribution is 2.21. The third-order valence-electron chi connectivity index (χ3n) is 3.22. The van der Waals surface area contributed by atoms with Gasteiger partial charge in [-0.1, -0.05) is 32.0 Å². The Morgan fingerprint density at radius 2 is 2.00 bits per heavy atom. The third kappa shape index (κ3) is 3.81. The molecule has 0 atom stereocenters. The predicted octanol–water partition coefficient (Wildman–Crippen LogP) is 4.23. The van der Waals surface area contributed by atoms with Crippen molar-refractivity contribution in [3.8, 4) is 5.75 Å². The van der Waals surface area contributed by atoms with Crippen LogP contribution < -0.4 is 4.74 Å². The van der Waals surface area contributed by atoms with Gasteiger partial charge in [-0.2, -0.15) is 0 Å². The summed E-state index contributed by atoms with van der Waals surface area (Å²) in [5.41, 5.74) is 1.51. The lowest BCUT2D eigenvalue weighted by molar-refractivity contribution is 0.0693. The fraction of sp³-hybridized carbons (Fsp3) is 0.235. The number of ether oxygens (including phenoxy) is 1. The standard InChI is InChI=1S/C17H17FO3/c1-11(2)12-4-3-5-15(8-12)21-10-13-6-7-14(18)9-16(13)17(19)20/h3-9,11H,10H2,1-2H3,(H,19,20). The number of hydrogen-bond acceptors (Lipinski definition) is 2. The minimum Gasteiger partial charge on any atom is -0.489 e.